The molecule has 1 aliphatic heterocycles. The molecule has 4 amide bonds. The van der Waals surface area contributed by atoms with E-state index in [1.165, 1.54) is 11.9 Å². The molecule has 2 atom stereocenters. The number of aromatic nitrogens is 6. The maximum atomic E-state index is 12.9. The van der Waals surface area contributed by atoms with Crippen LogP contribution in [0.3, 0.4) is 0 Å². The van der Waals surface area contributed by atoms with Gasteiger partial charge in [0.2, 0.25) is 11.8 Å². The van der Waals surface area contributed by atoms with E-state index in [4.69, 9.17) is 16.6 Å². The molecule has 13 nitrogen and oxygen atoms in total. The summed E-state index contributed by atoms with van der Waals surface area (Å²) < 4.78 is 1.90. The number of rotatable bonds is 8. The molecule has 2 unspecified atom stereocenters. The van der Waals surface area contributed by atoms with Crippen LogP contribution in [0.25, 0.3) is 5.65 Å². The minimum atomic E-state index is -0.370. The van der Waals surface area contributed by atoms with Crippen LogP contribution >= 0.6 is 11.6 Å². The number of amides is 4. The normalized spacial score (nSPS) is 20.0. The standard InChI is InChI=1S/C28H27ClN10O3/c1-14-5-6-30-25(32-14)18-8-19(18)27(41)34-22-9-20(24(29)36-35-22)31-10-17-12-38-11-16(15-3-4-15)7-21(26(38)33-17)39-13-23(40)37(2)28(39)42/h5-7,9,11-12,15,18-19H,3-4,8,10,13H2,1-2H3,(H2,31,34,35,41). The molecule has 2 aliphatic carbocycles. The second kappa shape index (κ2) is 10.0. The number of urea groups is 1. The monoisotopic (exact) mass is 586 g/mol. The third-order valence-corrected chi connectivity index (χ3v) is 8.14. The van der Waals surface area contributed by atoms with Crippen LogP contribution in [0, 0.1) is 12.8 Å². The average Bonchev–Trinajstić information content (AvgIpc) is 3.90. The molecule has 0 radical (unpaired) electrons. The number of fused-ring (bicyclic) bond motifs is 1. The fraction of sp³-hybridized carbons (Fsp3) is 0.357. The Hall–Kier alpha value is -4.65. The van der Waals surface area contributed by atoms with Gasteiger partial charge in [-0.05, 0) is 49.8 Å². The van der Waals surface area contributed by atoms with Gasteiger partial charge >= 0.3 is 6.03 Å². The molecule has 0 spiro atoms. The number of hydrogen-bond donors (Lipinski definition) is 2. The molecule has 4 aromatic heterocycles. The van der Waals surface area contributed by atoms with Crippen molar-refractivity contribution in [3.05, 3.63) is 64.7 Å². The number of carbonyl (C=O) groups is 3. The van der Waals surface area contributed by atoms with Gasteiger partial charge in [0.15, 0.2) is 16.6 Å². The second-order valence-electron chi connectivity index (χ2n) is 11.0. The molecule has 2 N–H and O–H groups in total. The highest BCUT2D eigenvalue weighted by Gasteiger charge is 2.46. The maximum absolute atomic E-state index is 12.9. The second-order valence-corrected chi connectivity index (χ2v) is 11.4. The van der Waals surface area contributed by atoms with Gasteiger partial charge in [-0.15, -0.1) is 10.2 Å². The van der Waals surface area contributed by atoms with Gasteiger partial charge in [0.25, 0.3) is 0 Å². The summed E-state index contributed by atoms with van der Waals surface area (Å²) in [6.07, 6.45) is 8.47. The van der Waals surface area contributed by atoms with Crippen LogP contribution in [-0.2, 0) is 16.1 Å². The molecule has 1 saturated heterocycles. The maximum Gasteiger partial charge on any atom is 0.331 e. The van der Waals surface area contributed by atoms with E-state index in [9.17, 15) is 14.4 Å². The molecule has 7 rings (SSSR count). The van der Waals surface area contributed by atoms with E-state index >= 15 is 0 Å². The highest BCUT2D eigenvalue weighted by atomic mass is 35.5. The summed E-state index contributed by atoms with van der Waals surface area (Å²) in [6, 6.07) is 5.05. The van der Waals surface area contributed by atoms with E-state index in [1.807, 2.05) is 35.9 Å². The van der Waals surface area contributed by atoms with Gasteiger partial charge in [0, 0.05) is 49.2 Å². The Morgan fingerprint density at radius 2 is 1.98 bits per heavy atom. The predicted octanol–water partition coefficient (Wildman–Crippen LogP) is 3.51. The first kappa shape index (κ1) is 26.3. The molecule has 4 aromatic rings. The van der Waals surface area contributed by atoms with Gasteiger partial charge in [-0.1, -0.05) is 11.6 Å². The van der Waals surface area contributed by atoms with Crippen molar-refractivity contribution in [2.45, 2.75) is 44.6 Å². The zero-order valence-electron chi connectivity index (χ0n) is 22.9. The number of halogens is 1. The SMILES string of the molecule is Cc1ccnc(C2CC2C(=O)Nc2cc(NCc3cn4cc(C5CC5)cc(N5CC(=O)N(C)C5=O)c4n3)c(Cl)nn2)n1. The van der Waals surface area contributed by atoms with E-state index in [0.29, 0.717) is 47.4 Å². The Kier molecular flexibility index (Phi) is 6.26. The number of nitrogens with one attached hydrogen (secondary N) is 2. The molecule has 0 aromatic carbocycles. The van der Waals surface area contributed by atoms with Crippen molar-refractivity contribution in [1.29, 1.82) is 0 Å². The van der Waals surface area contributed by atoms with Crippen LogP contribution in [0.5, 0.6) is 0 Å². The number of pyridine rings is 1. The number of nitrogens with zero attached hydrogens (tertiary/aromatic N) is 8. The molecule has 42 heavy (non-hydrogen) atoms. The Labute approximate surface area is 245 Å². The average molecular weight is 587 g/mol. The molecular formula is C28H27ClN10O3. The summed E-state index contributed by atoms with van der Waals surface area (Å²) in [5.74, 6) is 0.708. The largest absolute Gasteiger partial charge is 0.377 e. The summed E-state index contributed by atoms with van der Waals surface area (Å²) in [5.41, 5.74) is 4.33. The van der Waals surface area contributed by atoms with E-state index < -0.39 is 0 Å². The Morgan fingerprint density at radius 1 is 1.14 bits per heavy atom. The molecule has 0 bridgehead atoms. The van der Waals surface area contributed by atoms with Gasteiger partial charge in [-0.3, -0.25) is 19.4 Å². The number of hydrogen-bond acceptors (Lipinski definition) is 9. The first-order valence-corrected chi connectivity index (χ1v) is 14.1. The van der Waals surface area contributed by atoms with Crippen molar-refractivity contribution >= 4 is 52.3 Å². The smallest absolute Gasteiger partial charge is 0.331 e. The number of anilines is 3. The van der Waals surface area contributed by atoms with E-state index in [0.717, 1.165) is 29.0 Å². The van der Waals surface area contributed by atoms with E-state index in [2.05, 4.69) is 30.8 Å². The quantitative estimate of drug-likeness (QED) is 0.296. The number of imide groups is 1. The summed E-state index contributed by atoms with van der Waals surface area (Å²) in [6.45, 7) is 2.17. The van der Waals surface area contributed by atoms with Crippen LogP contribution < -0.4 is 15.5 Å². The van der Waals surface area contributed by atoms with Crippen LogP contribution in [0.4, 0.5) is 22.0 Å². The van der Waals surface area contributed by atoms with Crippen LogP contribution in [0.15, 0.2) is 36.8 Å². The van der Waals surface area contributed by atoms with Gasteiger partial charge in [0.1, 0.15) is 12.4 Å². The first-order valence-electron chi connectivity index (χ1n) is 13.7. The third kappa shape index (κ3) is 4.89. The summed E-state index contributed by atoms with van der Waals surface area (Å²) in [7, 11) is 1.48. The number of likely N-dealkylation sites (N-methyl/N-ethyl adjacent to an activating group) is 1. The number of imidazole rings is 1. The highest BCUT2D eigenvalue weighted by molar-refractivity contribution is 6.32. The fourth-order valence-electron chi connectivity index (χ4n) is 5.24. The van der Waals surface area contributed by atoms with Gasteiger partial charge in [-0.25, -0.2) is 19.7 Å². The van der Waals surface area contributed by atoms with Crippen molar-refractivity contribution in [3.63, 3.8) is 0 Å². The fourth-order valence-corrected chi connectivity index (χ4v) is 5.40. The summed E-state index contributed by atoms with van der Waals surface area (Å²) in [4.78, 5) is 54.0. The minimum Gasteiger partial charge on any atom is -0.377 e. The lowest BCUT2D eigenvalue weighted by molar-refractivity contribution is -0.124. The first-order chi connectivity index (χ1) is 20.2. The lowest BCUT2D eigenvalue weighted by Gasteiger charge is -2.17. The van der Waals surface area contributed by atoms with Crippen molar-refractivity contribution in [3.8, 4) is 0 Å². The van der Waals surface area contributed by atoms with Gasteiger partial charge in [0.05, 0.1) is 23.6 Å². The molecule has 3 fully saturated rings. The highest BCUT2D eigenvalue weighted by Crippen LogP contribution is 2.46. The van der Waals surface area contributed by atoms with E-state index in [-0.39, 0.29) is 47.2 Å². The lowest BCUT2D eigenvalue weighted by atomic mass is 10.1. The zero-order valence-corrected chi connectivity index (χ0v) is 23.7. The van der Waals surface area contributed by atoms with Crippen molar-refractivity contribution in [2.75, 3.05) is 29.1 Å². The predicted molar refractivity (Wildman–Crippen MR) is 153 cm³/mol. The molecule has 2 saturated carbocycles. The molecule has 214 valence electrons. The lowest BCUT2D eigenvalue weighted by Crippen LogP contribution is -2.30. The molecule has 14 heteroatoms. The number of aryl methyl sites for hydroxylation is 1. The molecule has 3 aliphatic rings. The van der Waals surface area contributed by atoms with Crippen LogP contribution in [0.1, 0.15) is 53.9 Å². The molecule has 5 heterocycles. The summed E-state index contributed by atoms with van der Waals surface area (Å²) >= 11 is 6.32. The van der Waals surface area contributed by atoms with Crippen LogP contribution in [0.2, 0.25) is 5.15 Å². The van der Waals surface area contributed by atoms with Crippen molar-refractivity contribution in [2.24, 2.45) is 5.92 Å². The minimum absolute atomic E-state index is 0.0162. The van der Waals surface area contributed by atoms with Crippen molar-refractivity contribution < 1.29 is 14.4 Å². The number of carbonyl (C=O) groups excluding carboxylic acids is 3. The molecular weight excluding hydrogens is 560 g/mol. The topological polar surface area (TPSA) is 151 Å². The third-order valence-electron chi connectivity index (χ3n) is 7.86. The Balaban J connectivity index is 1.07. The summed E-state index contributed by atoms with van der Waals surface area (Å²) in [5, 5.41) is 14.2. The Bertz CT molecular complexity index is 1770. The van der Waals surface area contributed by atoms with Crippen molar-refractivity contribution in [1.82, 2.24) is 34.4 Å². The zero-order chi connectivity index (χ0) is 29.1. The van der Waals surface area contributed by atoms with E-state index in [1.54, 1.807) is 12.3 Å². The van der Waals surface area contributed by atoms with Gasteiger partial charge < -0.3 is 15.0 Å². The Morgan fingerprint density at radius 3 is 2.71 bits per heavy atom. The van der Waals surface area contributed by atoms with Gasteiger partial charge in [-0.2, -0.15) is 0 Å². The van der Waals surface area contributed by atoms with Crippen LogP contribution in [-0.4, -0.2) is 65.9 Å².